The summed E-state index contributed by atoms with van der Waals surface area (Å²) in [6, 6.07) is 9.64. The average molecular weight is 232 g/mol. The molecular formula is C14H16O3. The van der Waals surface area contributed by atoms with Crippen LogP contribution in [0.1, 0.15) is 18.6 Å². The number of benzene rings is 2. The van der Waals surface area contributed by atoms with Gasteiger partial charge in [-0.1, -0.05) is 12.1 Å². The van der Waals surface area contributed by atoms with Crippen LogP contribution in [0.15, 0.2) is 30.3 Å². The predicted molar refractivity (Wildman–Crippen MR) is 67.7 cm³/mol. The summed E-state index contributed by atoms with van der Waals surface area (Å²) >= 11 is 0. The maximum atomic E-state index is 9.88. The molecule has 0 saturated heterocycles. The summed E-state index contributed by atoms with van der Waals surface area (Å²) in [6.07, 6.45) is -0.583. The zero-order valence-electron chi connectivity index (χ0n) is 10.2. The van der Waals surface area contributed by atoms with Crippen LogP contribution in [0, 0.1) is 0 Å². The molecule has 0 aliphatic rings. The van der Waals surface area contributed by atoms with Gasteiger partial charge in [0.25, 0.3) is 0 Å². The zero-order chi connectivity index (χ0) is 12.4. The first-order valence-electron chi connectivity index (χ1n) is 5.50. The summed E-state index contributed by atoms with van der Waals surface area (Å²) < 4.78 is 10.5. The third-order valence-corrected chi connectivity index (χ3v) is 2.87. The van der Waals surface area contributed by atoms with Crippen LogP contribution < -0.4 is 9.47 Å². The SMILES string of the molecule is COc1ccc2ccc(OC)c(C(C)O)c2c1. The topological polar surface area (TPSA) is 38.7 Å². The van der Waals surface area contributed by atoms with Gasteiger partial charge in [-0.15, -0.1) is 0 Å². The van der Waals surface area contributed by atoms with E-state index in [2.05, 4.69) is 0 Å². The molecule has 0 fully saturated rings. The number of fused-ring (bicyclic) bond motifs is 1. The lowest BCUT2D eigenvalue weighted by atomic mass is 9.99. The van der Waals surface area contributed by atoms with Crippen LogP contribution in [0.3, 0.4) is 0 Å². The lowest BCUT2D eigenvalue weighted by Crippen LogP contribution is -1.98. The van der Waals surface area contributed by atoms with Gasteiger partial charge in [0.15, 0.2) is 0 Å². The number of hydrogen-bond donors (Lipinski definition) is 1. The van der Waals surface area contributed by atoms with Crippen molar-refractivity contribution in [3.8, 4) is 11.5 Å². The number of aliphatic hydroxyl groups is 1. The van der Waals surface area contributed by atoms with Gasteiger partial charge < -0.3 is 14.6 Å². The number of methoxy groups -OCH3 is 2. The molecule has 0 aliphatic heterocycles. The molecule has 2 rings (SSSR count). The van der Waals surface area contributed by atoms with Crippen molar-refractivity contribution in [1.29, 1.82) is 0 Å². The molecule has 17 heavy (non-hydrogen) atoms. The Bertz CT molecular complexity index is 527. The van der Waals surface area contributed by atoms with Crippen LogP contribution in [0.4, 0.5) is 0 Å². The van der Waals surface area contributed by atoms with Crippen molar-refractivity contribution < 1.29 is 14.6 Å². The Morgan fingerprint density at radius 2 is 1.76 bits per heavy atom. The maximum Gasteiger partial charge on any atom is 0.125 e. The van der Waals surface area contributed by atoms with Crippen LogP contribution in [0.25, 0.3) is 10.8 Å². The second-order valence-electron chi connectivity index (χ2n) is 3.94. The fourth-order valence-corrected chi connectivity index (χ4v) is 2.04. The van der Waals surface area contributed by atoms with Gasteiger partial charge in [0.1, 0.15) is 11.5 Å². The summed E-state index contributed by atoms with van der Waals surface area (Å²) in [5, 5.41) is 11.9. The Kier molecular flexibility index (Phi) is 3.20. The van der Waals surface area contributed by atoms with Gasteiger partial charge in [0, 0.05) is 5.56 Å². The minimum Gasteiger partial charge on any atom is -0.497 e. The van der Waals surface area contributed by atoms with Crippen molar-refractivity contribution in [2.24, 2.45) is 0 Å². The Balaban J connectivity index is 2.76. The van der Waals surface area contributed by atoms with Gasteiger partial charge in [-0.05, 0) is 35.9 Å². The molecule has 1 atom stereocenters. The average Bonchev–Trinajstić information content (AvgIpc) is 2.36. The zero-order valence-corrected chi connectivity index (χ0v) is 10.2. The molecule has 2 aromatic rings. The predicted octanol–water partition coefficient (Wildman–Crippen LogP) is 2.91. The quantitative estimate of drug-likeness (QED) is 0.884. The van der Waals surface area contributed by atoms with E-state index in [0.29, 0.717) is 5.75 Å². The summed E-state index contributed by atoms with van der Waals surface area (Å²) in [6.45, 7) is 1.73. The highest BCUT2D eigenvalue weighted by Crippen LogP contribution is 2.34. The number of hydrogen-bond acceptors (Lipinski definition) is 3. The maximum absolute atomic E-state index is 9.88. The first kappa shape index (κ1) is 11.7. The molecule has 0 aliphatic carbocycles. The standard InChI is InChI=1S/C14H16O3/c1-9(15)14-12-8-11(16-2)6-4-10(12)5-7-13(14)17-3/h4-9,15H,1-3H3. The highest BCUT2D eigenvalue weighted by atomic mass is 16.5. The van der Waals surface area contributed by atoms with Crippen LogP contribution in [-0.4, -0.2) is 19.3 Å². The summed E-state index contributed by atoms with van der Waals surface area (Å²) in [7, 11) is 3.23. The highest BCUT2D eigenvalue weighted by molar-refractivity contribution is 5.89. The fraction of sp³-hybridized carbons (Fsp3) is 0.286. The first-order valence-corrected chi connectivity index (χ1v) is 5.50. The molecule has 0 heterocycles. The summed E-state index contributed by atoms with van der Waals surface area (Å²) in [5.41, 5.74) is 0.795. The van der Waals surface area contributed by atoms with Crippen molar-refractivity contribution >= 4 is 10.8 Å². The summed E-state index contributed by atoms with van der Waals surface area (Å²) in [4.78, 5) is 0. The van der Waals surface area contributed by atoms with Crippen molar-refractivity contribution in [2.45, 2.75) is 13.0 Å². The molecule has 3 nitrogen and oxygen atoms in total. The summed E-state index contributed by atoms with van der Waals surface area (Å²) in [5.74, 6) is 1.47. The molecule has 2 aromatic carbocycles. The largest absolute Gasteiger partial charge is 0.497 e. The van der Waals surface area contributed by atoms with Crippen LogP contribution in [0.2, 0.25) is 0 Å². The molecular weight excluding hydrogens is 216 g/mol. The Labute approximate surface area is 101 Å². The second-order valence-corrected chi connectivity index (χ2v) is 3.94. The van der Waals surface area contributed by atoms with E-state index in [9.17, 15) is 5.11 Å². The minimum absolute atomic E-state index is 0.583. The minimum atomic E-state index is -0.583. The third-order valence-electron chi connectivity index (χ3n) is 2.87. The van der Waals surface area contributed by atoms with Crippen LogP contribution >= 0.6 is 0 Å². The number of aliphatic hydroxyl groups excluding tert-OH is 1. The lowest BCUT2D eigenvalue weighted by molar-refractivity contribution is 0.196. The molecule has 0 saturated carbocycles. The van der Waals surface area contributed by atoms with Crippen molar-refractivity contribution in [3.05, 3.63) is 35.9 Å². The van der Waals surface area contributed by atoms with Crippen molar-refractivity contribution in [1.82, 2.24) is 0 Å². The highest BCUT2D eigenvalue weighted by Gasteiger charge is 2.13. The molecule has 0 spiro atoms. The van der Waals surface area contributed by atoms with Gasteiger partial charge in [0.05, 0.1) is 20.3 Å². The molecule has 90 valence electrons. The van der Waals surface area contributed by atoms with E-state index in [1.807, 2.05) is 30.3 Å². The molecule has 1 N–H and O–H groups in total. The van der Waals surface area contributed by atoms with Gasteiger partial charge >= 0.3 is 0 Å². The van der Waals surface area contributed by atoms with E-state index >= 15 is 0 Å². The van der Waals surface area contributed by atoms with Crippen molar-refractivity contribution in [3.63, 3.8) is 0 Å². The first-order chi connectivity index (χ1) is 8.17. The Morgan fingerprint density at radius 1 is 1.06 bits per heavy atom. The van der Waals surface area contributed by atoms with Crippen molar-refractivity contribution in [2.75, 3.05) is 14.2 Å². The van der Waals surface area contributed by atoms with E-state index in [0.717, 1.165) is 22.1 Å². The molecule has 0 bridgehead atoms. The molecule has 0 aromatic heterocycles. The van der Waals surface area contributed by atoms with Gasteiger partial charge in [0.2, 0.25) is 0 Å². The number of ether oxygens (including phenoxy) is 2. The van der Waals surface area contributed by atoms with Crippen LogP contribution in [0.5, 0.6) is 11.5 Å². The van der Waals surface area contributed by atoms with E-state index < -0.39 is 6.10 Å². The Morgan fingerprint density at radius 3 is 2.35 bits per heavy atom. The number of rotatable bonds is 3. The fourth-order valence-electron chi connectivity index (χ4n) is 2.04. The van der Waals surface area contributed by atoms with Gasteiger partial charge in [-0.25, -0.2) is 0 Å². The van der Waals surface area contributed by atoms with Gasteiger partial charge in [-0.3, -0.25) is 0 Å². The third kappa shape index (κ3) is 2.06. The monoisotopic (exact) mass is 232 g/mol. The Hall–Kier alpha value is -1.74. The molecule has 1 unspecified atom stereocenters. The smallest absolute Gasteiger partial charge is 0.125 e. The van der Waals surface area contributed by atoms with E-state index in [1.54, 1.807) is 21.1 Å². The van der Waals surface area contributed by atoms with E-state index in [4.69, 9.17) is 9.47 Å². The second kappa shape index (κ2) is 4.63. The van der Waals surface area contributed by atoms with E-state index in [-0.39, 0.29) is 0 Å². The van der Waals surface area contributed by atoms with Crippen LogP contribution in [-0.2, 0) is 0 Å². The molecule has 0 amide bonds. The van der Waals surface area contributed by atoms with E-state index in [1.165, 1.54) is 0 Å². The molecule has 0 radical (unpaired) electrons. The van der Waals surface area contributed by atoms with Gasteiger partial charge in [-0.2, -0.15) is 0 Å². The normalized spacial score (nSPS) is 12.5. The molecule has 3 heteroatoms. The lowest BCUT2D eigenvalue weighted by Gasteiger charge is -2.15.